The van der Waals surface area contributed by atoms with Crippen LogP contribution >= 0.6 is 0 Å². The summed E-state index contributed by atoms with van der Waals surface area (Å²) in [5.41, 5.74) is 1.69. The summed E-state index contributed by atoms with van der Waals surface area (Å²) < 4.78 is 3.36. The molecule has 0 atom stereocenters. The van der Waals surface area contributed by atoms with E-state index >= 15 is 0 Å². The molecule has 1 N–H and O–H groups in total. The van der Waals surface area contributed by atoms with E-state index in [9.17, 15) is 9.59 Å². The Labute approximate surface area is 160 Å². The third-order valence-corrected chi connectivity index (χ3v) is 5.66. The Kier molecular flexibility index (Phi) is 6.16. The first-order chi connectivity index (χ1) is 13.0. The second-order valence-electron chi connectivity index (χ2n) is 7.55. The van der Waals surface area contributed by atoms with E-state index in [4.69, 9.17) is 0 Å². The van der Waals surface area contributed by atoms with Crippen LogP contribution in [0.4, 0.5) is 5.69 Å². The Hall–Kier alpha value is -2.34. The number of nitrogens with one attached hydrogen (secondary N) is 1. The Morgan fingerprint density at radius 3 is 2.41 bits per heavy atom. The molecule has 0 unspecified atom stereocenters. The number of rotatable bonds is 5. The van der Waals surface area contributed by atoms with Crippen LogP contribution in [0.2, 0.25) is 0 Å². The fourth-order valence-electron chi connectivity index (χ4n) is 3.95. The molecule has 0 aliphatic heterocycles. The van der Waals surface area contributed by atoms with Crippen molar-refractivity contribution in [2.24, 2.45) is 7.05 Å². The molecular formula is C21H30N4O2. The number of likely N-dealkylation sites (N-methyl/N-ethyl adjacent to an activating group) is 1. The minimum absolute atomic E-state index is 0.132. The molecule has 0 bridgehead atoms. The van der Waals surface area contributed by atoms with Crippen molar-refractivity contribution in [3.63, 3.8) is 0 Å². The lowest BCUT2D eigenvalue weighted by atomic mass is 10.1. The lowest BCUT2D eigenvalue weighted by molar-refractivity contribution is -0.117. The van der Waals surface area contributed by atoms with Crippen LogP contribution in [0.3, 0.4) is 0 Å². The van der Waals surface area contributed by atoms with Gasteiger partial charge in [-0.15, -0.1) is 0 Å². The van der Waals surface area contributed by atoms with Gasteiger partial charge in [-0.3, -0.25) is 19.2 Å². The molecule has 1 aromatic carbocycles. The molecule has 6 heteroatoms. The van der Waals surface area contributed by atoms with E-state index in [1.54, 1.807) is 9.36 Å². The van der Waals surface area contributed by atoms with Crippen LogP contribution < -0.4 is 10.9 Å². The van der Waals surface area contributed by atoms with Crippen LogP contribution in [-0.4, -0.2) is 39.8 Å². The van der Waals surface area contributed by atoms with Gasteiger partial charge in [0.1, 0.15) is 5.69 Å². The monoisotopic (exact) mass is 370 g/mol. The van der Waals surface area contributed by atoms with E-state index in [1.807, 2.05) is 51.4 Å². The van der Waals surface area contributed by atoms with Crippen LogP contribution in [0.15, 0.2) is 35.1 Å². The van der Waals surface area contributed by atoms with E-state index in [2.05, 4.69) is 10.2 Å². The molecule has 0 saturated heterocycles. The van der Waals surface area contributed by atoms with E-state index < -0.39 is 0 Å². The van der Waals surface area contributed by atoms with Crippen LogP contribution in [0.5, 0.6) is 0 Å². The summed E-state index contributed by atoms with van der Waals surface area (Å²) in [5, 5.41) is 2.86. The maximum atomic E-state index is 12.9. The summed E-state index contributed by atoms with van der Waals surface area (Å²) in [6.07, 6.45) is 7.34. The van der Waals surface area contributed by atoms with Gasteiger partial charge in [0.15, 0.2) is 0 Å². The Morgan fingerprint density at radius 2 is 1.78 bits per heavy atom. The third kappa shape index (κ3) is 4.33. The maximum Gasteiger partial charge on any atom is 0.295 e. The summed E-state index contributed by atoms with van der Waals surface area (Å²) >= 11 is 0. The molecule has 0 spiro atoms. The molecule has 1 aliphatic carbocycles. The molecule has 27 heavy (non-hydrogen) atoms. The summed E-state index contributed by atoms with van der Waals surface area (Å²) in [6, 6.07) is 9.92. The van der Waals surface area contributed by atoms with Crippen molar-refractivity contribution in [3.05, 3.63) is 46.4 Å². The number of carbonyl (C=O) groups is 1. The standard InChI is InChI=1S/C21H30N4O2/c1-16-20(21(27)25(24(16)3)18-13-9-6-10-14-18)22-19(26)15-23(2)17-11-7-4-5-8-12-17/h6,9-10,13-14,17H,4-5,7-8,11-12,15H2,1-3H3,(H,22,26). The zero-order valence-electron chi connectivity index (χ0n) is 16.6. The number of nitrogens with zero attached hydrogens (tertiary/aromatic N) is 3. The van der Waals surface area contributed by atoms with Crippen molar-refractivity contribution in [3.8, 4) is 5.69 Å². The second kappa shape index (κ2) is 8.57. The van der Waals surface area contributed by atoms with Gasteiger partial charge in [-0.2, -0.15) is 0 Å². The topological polar surface area (TPSA) is 59.3 Å². The van der Waals surface area contributed by atoms with Gasteiger partial charge >= 0.3 is 0 Å². The molecular weight excluding hydrogens is 340 g/mol. The highest BCUT2D eigenvalue weighted by atomic mass is 16.2. The molecule has 0 radical (unpaired) electrons. The Morgan fingerprint density at radius 1 is 1.15 bits per heavy atom. The van der Waals surface area contributed by atoms with Crippen molar-refractivity contribution < 1.29 is 4.79 Å². The highest BCUT2D eigenvalue weighted by molar-refractivity contribution is 5.92. The third-order valence-electron chi connectivity index (χ3n) is 5.66. The van der Waals surface area contributed by atoms with E-state index in [0.29, 0.717) is 18.3 Å². The minimum Gasteiger partial charge on any atom is -0.319 e. The maximum absolute atomic E-state index is 12.9. The first kappa shape index (κ1) is 19.4. The molecule has 1 fully saturated rings. The summed E-state index contributed by atoms with van der Waals surface area (Å²) in [6.45, 7) is 2.16. The fourth-order valence-corrected chi connectivity index (χ4v) is 3.95. The van der Waals surface area contributed by atoms with Gasteiger partial charge in [0.25, 0.3) is 5.56 Å². The number of hydrogen-bond donors (Lipinski definition) is 1. The van der Waals surface area contributed by atoms with Crippen molar-refractivity contribution in [2.45, 2.75) is 51.5 Å². The first-order valence-corrected chi connectivity index (χ1v) is 9.83. The lowest BCUT2D eigenvalue weighted by Crippen LogP contribution is -2.38. The minimum atomic E-state index is -0.202. The van der Waals surface area contributed by atoms with Crippen molar-refractivity contribution in [2.75, 3.05) is 18.9 Å². The molecule has 1 aliphatic rings. The van der Waals surface area contributed by atoms with Crippen molar-refractivity contribution in [1.82, 2.24) is 14.3 Å². The van der Waals surface area contributed by atoms with Gasteiger partial charge in [-0.05, 0) is 38.9 Å². The zero-order chi connectivity index (χ0) is 19.4. The molecule has 1 amide bonds. The summed E-state index contributed by atoms with van der Waals surface area (Å²) in [5.74, 6) is -0.132. The molecule has 3 rings (SSSR count). The van der Waals surface area contributed by atoms with Crippen LogP contribution in [0.1, 0.15) is 44.2 Å². The van der Waals surface area contributed by atoms with E-state index in [1.165, 1.54) is 25.7 Å². The summed E-state index contributed by atoms with van der Waals surface area (Å²) in [7, 11) is 3.84. The number of para-hydroxylation sites is 1. The number of carbonyl (C=O) groups excluding carboxylic acids is 1. The van der Waals surface area contributed by atoms with Gasteiger partial charge in [-0.1, -0.05) is 43.9 Å². The normalized spacial score (nSPS) is 15.7. The van der Waals surface area contributed by atoms with E-state index in [0.717, 1.165) is 24.2 Å². The summed E-state index contributed by atoms with van der Waals surface area (Å²) in [4.78, 5) is 27.6. The van der Waals surface area contributed by atoms with Crippen molar-refractivity contribution in [1.29, 1.82) is 0 Å². The Bertz CT molecular complexity index is 830. The number of aromatic nitrogens is 2. The van der Waals surface area contributed by atoms with Crippen LogP contribution in [0, 0.1) is 6.92 Å². The average Bonchev–Trinajstić information content (AvgIpc) is 2.87. The smallest absolute Gasteiger partial charge is 0.295 e. The number of benzene rings is 1. The second-order valence-corrected chi connectivity index (χ2v) is 7.55. The van der Waals surface area contributed by atoms with Gasteiger partial charge in [0, 0.05) is 13.1 Å². The largest absolute Gasteiger partial charge is 0.319 e. The SMILES string of the molecule is Cc1c(NC(=O)CN(C)C2CCCCCC2)c(=O)n(-c2ccccc2)n1C. The molecule has 1 saturated carbocycles. The number of amides is 1. The molecule has 2 aromatic rings. The van der Waals surface area contributed by atoms with Gasteiger partial charge in [-0.25, -0.2) is 4.68 Å². The van der Waals surface area contributed by atoms with E-state index in [-0.39, 0.29) is 11.5 Å². The zero-order valence-corrected chi connectivity index (χ0v) is 16.6. The highest BCUT2D eigenvalue weighted by Gasteiger charge is 2.22. The highest BCUT2D eigenvalue weighted by Crippen LogP contribution is 2.21. The molecule has 146 valence electrons. The van der Waals surface area contributed by atoms with Gasteiger partial charge in [0.05, 0.1) is 17.9 Å². The lowest BCUT2D eigenvalue weighted by Gasteiger charge is -2.26. The fraction of sp³-hybridized carbons (Fsp3) is 0.524. The van der Waals surface area contributed by atoms with Crippen LogP contribution in [0.25, 0.3) is 5.69 Å². The Balaban J connectivity index is 1.74. The first-order valence-electron chi connectivity index (χ1n) is 9.83. The number of hydrogen-bond acceptors (Lipinski definition) is 3. The molecule has 1 heterocycles. The van der Waals surface area contributed by atoms with Gasteiger partial charge < -0.3 is 5.32 Å². The number of anilines is 1. The van der Waals surface area contributed by atoms with Crippen LogP contribution in [-0.2, 0) is 11.8 Å². The predicted octanol–water partition coefficient (Wildman–Crippen LogP) is 3.08. The van der Waals surface area contributed by atoms with Gasteiger partial charge in [0.2, 0.25) is 5.91 Å². The average molecular weight is 370 g/mol. The quantitative estimate of drug-likeness (QED) is 0.823. The van der Waals surface area contributed by atoms with Crippen molar-refractivity contribution >= 4 is 11.6 Å². The molecule has 6 nitrogen and oxygen atoms in total. The predicted molar refractivity (Wildman–Crippen MR) is 108 cm³/mol. The molecule has 1 aromatic heterocycles.